The van der Waals surface area contributed by atoms with Gasteiger partial charge in [-0.1, -0.05) is 32.0 Å². The molecule has 1 aromatic carbocycles. The lowest BCUT2D eigenvalue weighted by Gasteiger charge is -2.31. The molecule has 0 saturated carbocycles. The van der Waals surface area contributed by atoms with Crippen molar-refractivity contribution in [1.82, 2.24) is 25.3 Å². The van der Waals surface area contributed by atoms with Gasteiger partial charge in [0.2, 0.25) is 11.8 Å². The lowest BCUT2D eigenvalue weighted by molar-refractivity contribution is -0.173. The van der Waals surface area contributed by atoms with Crippen molar-refractivity contribution in [2.45, 2.75) is 64.8 Å². The van der Waals surface area contributed by atoms with E-state index in [1.807, 2.05) is 30.3 Å². The number of ketones is 1. The zero-order chi connectivity index (χ0) is 27.5. The van der Waals surface area contributed by atoms with Crippen LogP contribution in [-0.4, -0.2) is 69.0 Å². The van der Waals surface area contributed by atoms with Gasteiger partial charge < -0.3 is 15.5 Å². The van der Waals surface area contributed by atoms with E-state index in [2.05, 4.69) is 15.7 Å². The van der Waals surface area contributed by atoms with Gasteiger partial charge >= 0.3 is 6.18 Å². The number of likely N-dealkylation sites (tertiary alicyclic amines) is 1. The van der Waals surface area contributed by atoms with E-state index in [0.29, 0.717) is 12.1 Å². The second-order valence-corrected chi connectivity index (χ2v) is 9.37. The second-order valence-electron chi connectivity index (χ2n) is 9.37. The highest BCUT2D eigenvalue weighted by atomic mass is 19.4. The van der Waals surface area contributed by atoms with Gasteiger partial charge in [-0.05, 0) is 44.7 Å². The molecule has 2 heterocycles. The smallest absolute Gasteiger partial charge is 0.344 e. The Morgan fingerprint density at radius 2 is 1.70 bits per heavy atom. The van der Waals surface area contributed by atoms with E-state index in [1.54, 1.807) is 25.5 Å². The molecule has 0 spiro atoms. The summed E-state index contributed by atoms with van der Waals surface area (Å²) in [7, 11) is 0. The SMILES string of the molecule is Cc1c(C(=O)NC(C(=O)N2CCC[C@H]2C(=O)NC(C)C(=O)C(F)(F)F)C(C)C)cnn1-c1ccccc1. The average molecular weight is 522 g/mol. The number of amides is 3. The van der Waals surface area contributed by atoms with E-state index in [0.717, 1.165) is 12.6 Å². The highest BCUT2D eigenvalue weighted by Crippen LogP contribution is 2.23. The van der Waals surface area contributed by atoms with Crippen molar-refractivity contribution in [3.63, 3.8) is 0 Å². The number of nitrogens with zero attached hydrogens (tertiary/aromatic N) is 3. The fraction of sp³-hybridized carbons (Fsp3) is 0.480. The minimum absolute atomic E-state index is 0.197. The van der Waals surface area contributed by atoms with E-state index in [4.69, 9.17) is 0 Å². The zero-order valence-corrected chi connectivity index (χ0v) is 21.0. The van der Waals surface area contributed by atoms with Gasteiger partial charge in [-0.15, -0.1) is 0 Å². The van der Waals surface area contributed by atoms with Crippen LogP contribution < -0.4 is 10.6 Å². The Hall–Kier alpha value is -3.70. The standard InChI is InChI=1S/C25H30F3N5O4/c1-14(2)20(31-22(35)18-13-29-33(16(18)4)17-9-6-5-7-10-17)24(37)32-12-8-11-19(32)23(36)30-15(3)21(34)25(26,27)28/h5-7,9-10,13-15,19-20H,8,11-12H2,1-4H3,(H,30,36)(H,31,35)/t15?,19-,20?/m0/s1. The Morgan fingerprint density at radius 3 is 2.30 bits per heavy atom. The lowest BCUT2D eigenvalue weighted by atomic mass is 10.0. The van der Waals surface area contributed by atoms with Crippen molar-refractivity contribution in [1.29, 1.82) is 0 Å². The van der Waals surface area contributed by atoms with E-state index >= 15 is 0 Å². The predicted molar refractivity (Wildman–Crippen MR) is 128 cm³/mol. The summed E-state index contributed by atoms with van der Waals surface area (Å²) in [6, 6.07) is 5.39. The molecule has 2 N–H and O–H groups in total. The van der Waals surface area contributed by atoms with Gasteiger partial charge in [-0.3, -0.25) is 19.2 Å². The van der Waals surface area contributed by atoms with Crippen LogP contribution >= 0.6 is 0 Å². The van der Waals surface area contributed by atoms with Crippen LogP contribution in [0.15, 0.2) is 36.5 Å². The van der Waals surface area contributed by atoms with Crippen LogP contribution in [-0.2, 0) is 14.4 Å². The highest BCUT2D eigenvalue weighted by Gasteiger charge is 2.44. The number of nitrogens with one attached hydrogen (secondary N) is 2. The number of carbonyl (C=O) groups excluding carboxylic acids is 4. The van der Waals surface area contributed by atoms with Crippen molar-refractivity contribution in [2.24, 2.45) is 5.92 Å². The summed E-state index contributed by atoms with van der Waals surface area (Å²) in [5.41, 5.74) is 1.61. The van der Waals surface area contributed by atoms with Gasteiger partial charge in [0.15, 0.2) is 0 Å². The van der Waals surface area contributed by atoms with Crippen molar-refractivity contribution in [2.75, 3.05) is 6.54 Å². The van der Waals surface area contributed by atoms with Gasteiger partial charge in [-0.25, -0.2) is 4.68 Å². The number of para-hydroxylation sites is 1. The number of carbonyl (C=O) groups is 4. The first-order valence-corrected chi connectivity index (χ1v) is 12.0. The molecule has 1 saturated heterocycles. The van der Waals surface area contributed by atoms with Gasteiger partial charge in [0, 0.05) is 6.54 Å². The van der Waals surface area contributed by atoms with Crippen LogP contribution in [0.3, 0.4) is 0 Å². The van der Waals surface area contributed by atoms with E-state index < -0.39 is 47.8 Å². The molecule has 200 valence electrons. The van der Waals surface area contributed by atoms with Crippen molar-refractivity contribution in [3.8, 4) is 5.69 Å². The third kappa shape index (κ3) is 6.17. The average Bonchev–Trinajstić information content (AvgIpc) is 3.48. The van der Waals surface area contributed by atoms with Crippen molar-refractivity contribution in [3.05, 3.63) is 47.8 Å². The maximum Gasteiger partial charge on any atom is 0.452 e. The molecule has 3 atom stereocenters. The number of aromatic nitrogens is 2. The minimum Gasteiger partial charge on any atom is -0.344 e. The Kier molecular flexibility index (Phi) is 8.39. The van der Waals surface area contributed by atoms with E-state index in [9.17, 15) is 32.3 Å². The van der Waals surface area contributed by atoms with E-state index in [-0.39, 0.29) is 24.4 Å². The molecule has 9 nitrogen and oxygen atoms in total. The van der Waals surface area contributed by atoms with Crippen LogP contribution in [0.5, 0.6) is 0 Å². The number of hydrogen-bond donors (Lipinski definition) is 2. The molecule has 2 aromatic rings. The third-order valence-electron chi connectivity index (χ3n) is 6.34. The number of Topliss-reactive ketones (excluding diaryl/α,β-unsaturated/α-hetero) is 1. The summed E-state index contributed by atoms with van der Waals surface area (Å²) in [5.74, 6) is -4.31. The van der Waals surface area contributed by atoms with Gasteiger partial charge in [0.05, 0.1) is 29.2 Å². The maximum atomic E-state index is 13.4. The second kappa shape index (κ2) is 11.1. The molecule has 1 aromatic heterocycles. The topological polar surface area (TPSA) is 113 Å². The Labute approximate surface area is 212 Å². The van der Waals surface area contributed by atoms with Crippen LogP contribution in [0.2, 0.25) is 0 Å². The lowest BCUT2D eigenvalue weighted by Crippen LogP contribution is -2.56. The summed E-state index contributed by atoms with van der Waals surface area (Å²) >= 11 is 0. The molecule has 2 unspecified atom stereocenters. The molecule has 0 radical (unpaired) electrons. The molecule has 12 heteroatoms. The summed E-state index contributed by atoms with van der Waals surface area (Å²) in [6.07, 6.45) is -3.00. The summed E-state index contributed by atoms with van der Waals surface area (Å²) in [4.78, 5) is 51.9. The summed E-state index contributed by atoms with van der Waals surface area (Å²) in [6.45, 7) is 6.34. The number of alkyl halides is 3. The Bertz CT molecular complexity index is 1160. The first-order chi connectivity index (χ1) is 17.3. The molecular weight excluding hydrogens is 491 g/mol. The summed E-state index contributed by atoms with van der Waals surface area (Å²) in [5, 5.41) is 9.08. The van der Waals surface area contributed by atoms with Gasteiger partial charge in [0.25, 0.3) is 11.7 Å². The monoisotopic (exact) mass is 521 g/mol. The Morgan fingerprint density at radius 1 is 1.05 bits per heavy atom. The van der Waals surface area contributed by atoms with Crippen molar-refractivity contribution >= 4 is 23.5 Å². The van der Waals surface area contributed by atoms with Gasteiger partial charge in [-0.2, -0.15) is 18.3 Å². The van der Waals surface area contributed by atoms with Crippen LogP contribution in [0.4, 0.5) is 13.2 Å². The molecular formula is C25H30F3N5O4. The predicted octanol–water partition coefficient (Wildman–Crippen LogP) is 2.56. The minimum atomic E-state index is -5.09. The molecule has 0 bridgehead atoms. The first kappa shape index (κ1) is 27.9. The fourth-order valence-electron chi connectivity index (χ4n) is 4.30. The first-order valence-electron chi connectivity index (χ1n) is 12.0. The van der Waals surface area contributed by atoms with Crippen molar-refractivity contribution < 1.29 is 32.3 Å². The number of halogens is 3. The molecule has 1 aliphatic heterocycles. The molecule has 3 rings (SSSR count). The third-order valence-corrected chi connectivity index (χ3v) is 6.34. The number of rotatable bonds is 8. The molecule has 1 fully saturated rings. The molecule has 0 aliphatic carbocycles. The molecule has 1 aliphatic rings. The zero-order valence-electron chi connectivity index (χ0n) is 21.0. The normalized spacial score (nSPS) is 17.4. The molecule has 3 amide bonds. The van der Waals surface area contributed by atoms with Gasteiger partial charge in [0.1, 0.15) is 12.1 Å². The van der Waals surface area contributed by atoms with Crippen LogP contribution in [0, 0.1) is 12.8 Å². The number of benzene rings is 1. The largest absolute Gasteiger partial charge is 0.452 e. The molecule has 37 heavy (non-hydrogen) atoms. The van der Waals surface area contributed by atoms with Crippen LogP contribution in [0.25, 0.3) is 5.69 Å². The maximum absolute atomic E-state index is 13.4. The van der Waals surface area contributed by atoms with E-state index in [1.165, 1.54) is 11.1 Å². The summed E-state index contributed by atoms with van der Waals surface area (Å²) < 4.78 is 39.7. The highest BCUT2D eigenvalue weighted by molar-refractivity contribution is 6.00. The fourth-order valence-corrected chi connectivity index (χ4v) is 4.30. The quantitative estimate of drug-likeness (QED) is 0.555. The van der Waals surface area contributed by atoms with Crippen LogP contribution in [0.1, 0.15) is 49.7 Å². The number of hydrogen-bond acceptors (Lipinski definition) is 5. The Balaban J connectivity index is 1.73.